The van der Waals surface area contributed by atoms with E-state index in [-0.39, 0.29) is 5.69 Å². The van der Waals surface area contributed by atoms with Crippen LogP contribution in [0.2, 0.25) is 0 Å². The fraction of sp³-hybridized carbons (Fsp3) is 0.176. The van der Waals surface area contributed by atoms with Crippen LogP contribution in [-0.4, -0.2) is 18.4 Å². The molecule has 0 saturated heterocycles. The van der Waals surface area contributed by atoms with Gasteiger partial charge in [0.2, 0.25) is 11.8 Å². The second kappa shape index (κ2) is 7.16. The van der Waals surface area contributed by atoms with E-state index in [1.807, 2.05) is 0 Å². The first-order valence-electron chi connectivity index (χ1n) is 7.08. The number of halogens is 3. The van der Waals surface area contributed by atoms with E-state index in [9.17, 15) is 22.8 Å². The predicted octanol–water partition coefficient (Wildman–Crippen LogP) is 3.70. The Morgan fingerprint density at radius 3 is 2.17 bits per heavy atom. The van der Waals surface area contributed by atoms with Crippen LogP contribution in [0.4, 0.5) is 24.5 Å². The van der Waals surface area contributed by atoms with Gasteiger partial charge in [0.25, 0.3) is 0 Å². The number of hydrogen-bond acceptors (Lipinski definition) is 2. The predicted molar refractivity (Wildman–Crippen MR) is 84.5 cm³/mol. The van der Waals surface area contributed by atoms with Gasteiger partial charge in [-0.3, -0.25) is 9.59 Å². The Balaban J connectivity index is 2.25. The molecule has 2 amide bonds. The molecule has 4 nitrogen and oxygen atoms in total. The second-order valence-electron chi connectivity index (χ2n) is 5.03. The molecule has 0 fully saturated rings. The third-order valence-corrected chi connectivity index (χ3v) is 3.24. The van der Waals surface area contributed by atoms with Crippen molar-refractivity contribution in [3.63, 3.8) is 0 Å². The number of rotatable bonds is 4. The fourth-order valence-electron chi connectivity index (χ4n) is 2.18. The Morgan fingerprint density at radius 1 is 1.00 bits per heavy atom. The molecule has 0 atom stereocenters. The first-order chi connectivity index (χ1) is 11.3. The third-order valence-electron chi connectivity index (χ3n) is 3.24. The zero-order valence-electron chi connectivity index (χ0n) is 12.8. The van der Waals surface area contributed by atoms with Crippen LogP contribution >= 0.6 is 0 Å². The standard InChI is InChI=1S/C17H15F3N2O2/c1-12(23)22(11-16(24)21-13-7-3-2-4-8-13)15-10-6-5-9-14(15)17(18,19)20/h2-10H,11H2,1H3,(H,21,24). The number of amides is 2. The van der Waals surface area contributed by atoms with Gasteiger partial charge in [0, 0.05) is 12.6 Å². The Hall–Kier alpha value is -2.83. The highest BCUT2D eigenvalue weighted by Crippen LogP contribution is 2.36. The maximum Gasteiger partial charge on any atom is 0.418 e. The number of para-hydroxylation sites is 2. The number of carbonyl (C=O) groups is 2. The highest BCUT2D eigenvalue weighted by Gasteiger charge is 2.35. The Morgan fingerprint density at radius 2 is 1.58 bits per heavy atom. The molecule has 0 saturated carbocycles. The number of nitrogens with one attached hydrogen (secondary N) is 1. The summed E-state index contributed by atoms with van der Waals surface area (Å²) in [6, 6.07) is 13.1. The van der Waals surface area contributed by atoms with Crippen molar-refractivity contribution in [1.82, 2.24) is 0 Å². The van der Waals surface area contributed by atoms with Crippen molar-refractivity contribution in [2.45, 2.75) is 13.1 Å². The van der Waals surface area contributed by atoms with E-state index < -0.39 is 30.1 Å². The fourth-order valence-corrected chi connectivity index (χ4v) is 2.18. The average molecular weight is 336 g/mol. The molecule has 126 valence electrons. The van der Waals surface area contributed by atoms with Crippen LogP contribution in [0.15, 0.2) is 54.6 Å². The molecular formula is C17H15F3N2O2. The first-order valence-corrected chi connectivity index (χ1v) is 7.08. The number of nitrogens with zero attached hydrogens (tertiary/aromatic N) is 1. The molecule has 2 rings (SSSR count). The normalized spacial score (nSPS) is 11.0. The van der Waals surface area contributed by atoms with E-state index >= 15 is 0 Å². The zero-order valence-corrected chi connectivity index (χ0v) is 12.8. The summed E-state index contributed by atoms with van der Waals surface area (Å²) in [6.07, 6.45) is -4.62. The van der Waals surface area contributed by atoms with Crippen molar-refractivity contribution >= 4 is 23.2 Å². The quantitative estimate of drug-likeness (QED) is 0.925. The smallest absolute Gasteiger partial charge is 0.325 e. The summed E-state index contributed by atoms with van der Waals surface area (Å²) in [5.74, 6) is -1.25. The lowest BCUT2D eigenvalue weighted by Gasteiger charge is -2.24. The van der Waals surface area contributed by atoms with Crippen LogP contribution in [0.25, 0.3) is 0 Å². The van der Waals surface area contributed by atoms with Gasteiger partial charge in [-0.05, 0) is 24.3 Å². The van der Waals surface area contributed by atoms with Gasteiger partial charge < -0.3 is 10.2 Å². The average Bonchev–Trinajstić information content (AvgIpc) is 2.52. The van der Waals surface area contributed by atoms with Gasteiger partial charge in [-0.2, -0.15) is 13.2 Å². The van der Waals surface area contributed by atoms with Gasteiger partial charge in [0.1, 0.15) is 6.54 Å². The third kappa shape index (κ3) is 4.34. The van der Waals surface area contributed by atoms with E-state index in [2.05, 4.69) is 5.32 Å². The molecular weight excluding hydrogens is 321 g/mol. The molecule has 0 aliphatic heterocycles. The molecule has 0 aliphatic carbocycles. The molecule has 0 radical (unpaired) electrons. The van der Waals surface area contributed by atoms with Crippen LogP contribution in [-0.2, 0) is 15.8 Å². The van der Waals surface area contributed by atoms with E-state index in [0.717, 1.165) is 17.9 Å². The largest absolute Gasteiger partial charge is 0.418 e. The summed E-state index contributed by atoms with van der Waals surface area (Å²) in [6.45, 7) is 0.597. The lowest BCUT2D eigenvalue weighted by Crippen LogP contribution is -2.37. The van der Waals surface area contributed by atoms with Crippen molar-refractivity contribution in [1.29, 1.82) is 0 Å². The number of carbonyl (C=O) groups excluding carboxylic acids is 2. The van der Waals surface area contributed by atoms with Crippen LogP contribution < -0.4 is 10.2 Å². The number of benzene rings is 2. The minimum atomic E-state index is -4.62. The van der Waals surface area contributed by atoms with Gasteiger partial charge in [-0.25, -0.2) is 0 Å². The Labute approximate surface area is 136 Å². The molecule has 2 aromatic carbocycles. The zero-order chi connectivity index (χ0) is 17.7. The summed E-state index contributed by atoms with van der Waals surface area (Å²) >= 11 is 0. The highest BCUT2D eigenvalue weighted by atomic mass is 19.4. The minimum Gasteiger partial charge on any atom is -0.325 e. The van der Waals surface area contributed by atoms with Crippen molar-refractivity contribution < 1.29 is 22.8 Å². The monoisotopic (exact) mass is 336 g/mol. The van der Waals surface area contributed by atoms with Crippen molar-refractivity contribution in [2.24, 2.45) is 0 Å². The molecule has 0 unspecified atom stereocenters. The lowest BCUT2D eigenvalue weighted by molar-refractivity contribution is -0.137. The van der Waals surface area contributed by atoms with Crippen LogP contribution in [0, 0.1) is 0 Å². The van der Waals surface area contributed by atoms with Crippen LogP contribution in [0.3, 0.4) is 0 Å². The summed E-state index contributed by atoms with van der Waals surface area (Å²) in [5.41, 5.74) is -0.816. The second-order valence-corrected chi connectivity index (χ2v) is 5.03. The summed E-state index contributed by atoms with van der Waals surface area (Å²) in [7, 11) is 0. The van der Waals surface area contributed by atoms with Gasteiger partial charge in [-0.15, -0.1) is 0 Å². The van der Waals surface area contributed by atoms with Crippen LogP contribution in [0.5, 0.6) is 0 Å². The molecule has 0 aromatic heterocycles. The van der Waals surface area contributed by atoms with Gasteiger partial charge in [0.15, 0.2) is 0 Å². The molecule has 24 heavy (non-hydrogen) atoms. The summed E-state index contributed by atoms with van der Waals surface area (Å²) in [4.78, 5) is 24.7. The van der Waals surface area contributed by atoms with Gasteiger partial charge in [0.05, 0.1) is 11.3 Å². The molecule has 7 heteroatoms. The van der Waals surface area contributed by atoms with E-state index in [4.69, 9.17) is 0 Å². The maximum atomic E-state index is 13.1. The van der Waals surface area contributed by atoms with Crippen molar-refractivity contribution in [3.05, 3.63) is 60.2 Å². The van der Waals surface area contributed by atoms with E-state index in [1.54, 1.807) is 30.3 Å². The minimum absolute atomic E-state index is 0.347. The molecule has 0 bridgehead atoms. The topological polar surface area (TPSA) is 49.4 Å². The summed E-state index contributed by atoms with van der Waals surface area (Å²) < 4.78 is 39.4. The van der Waals surface area contributed by atoms with Crippen molar-refractivity contribution in [2.75, 3.05) is 16.8 Å². The van der Waals surface area contributed by atoms with Crippen molar-refractivity contribution in [3.8, 4) is 0 Å². The number of anilines is 2. The number of alkyl halides is 3. The van der Waals surface area contributed by atoms with Crippen LogP contribution in [0.1, 0.15) is 12.5 Å². The molecule has 0 heterocycles. The molecule has 0 spiro atoms. The van der Waals surface area contributed by atoms with E-state index in [0.29, 0.717) is 5.69 Å². The maximum absolute atomic E-state index is 13.1. The Bertz CT molecular complexity index is 730. The van der Waals surface area contributed by atoms with Gasteiger partial charge >= 0.3 is 6.18 Å². The molecule has 0 aliphatic rings. The lowest BCUT2D eigenvalue weighted by atomic mass is 10.1. The highest BCUT2D eigenvalue weighted by molar-refractivity contribution is 6.02. The SMILES string of the molecule is CC(=O)N(CC(=O)Nc1ccccc1)c1ccccc1C(F)(F)F. The number of hydrogen-bond donors (Lipinski definition) is 1. The first kappa shape index (κ1) is 17.5. The summed E-state index contributed by atoms with van der Waals surface area (Å²) in [5, 5.41) is 2.54. The van der Waals surface area contributed by atoms with Gasteiger partial charge in [-0.1, -0.05) is 30.3 Å². The molecule has 2 aromatic rings. The Kier molecular flexibility index (Phi) is 5.23. The molecule has 1 N–H and O–H groups in total. The van der Waals surface area contributed by atoms with E-state index in [1.165, 1.54) is 18.2 Å².